The molecule has 3 N–H and O–H groups in total. The Labute approximate surface area is 150 Å². The highest BCUT2D eigenvalue weighted by Gasteiger charge is 2.17. The number of nitrogens with zero attached hydrogens (tertiary/aromatic N) is 1. The first kappa shape index (κ1) is 17.0. The Kier molecular flexibility index (Phi) is 4.51. The molecule has 3 rings (SSSR count). The molecule has 0 aliphatic rings. The van der Waals surface area contributed by atoms with Crippen LogP contribution in [0.15, 0.2) is 42.5 Å². The second-order valence-electron chi connectivity index (χ2n) is 5.97. The van der Waals surface area contributed by atoms with Gasteiger partial charge in [-0.1, -0.05) is 30.3 Å². The van der Waals surface area contributed by atoms with Gasteiger partial charge >= 0.3 is 0 Å². The molecular weight excluding hydrogens is 330 g/mol. The summed E-state index contributed by atoms with van der Waals surface area (Å²) in [5, 5.41) is 9.06. The smallest absolute Gasteiger partial charge is 0.160 e. The summed E-state index contributed by atoms with van der Waals surface area (Å²) >= 11 is 1.46. The van der Waals surface area contributed by atoms with Crippen LogP contribution in [0.1, 0.15) is 38.3 Å². The van der Waals surface area contributed by atoms with Crippen LogP contribution < -0.4 is 5.73 Å². The van der Waals surface area contributed by atoms with E-state index in [1.165, 1.54) is 11.3 Å². The Bertz CT molecular complexity index is 988. The number of para-hydroxylation sites is 1. The van der Waals surface area contributed by atoms with Gasteiger partial charge in [0.05, 0.1) is 11.4 Å². The maximum Gasteiger partial charge on any atom is 0.160 e. The summed E-state index contributed by atoms with van der Waals surface area (Å²) in [6.07, 6.45) is 0. The van der Waals surface area contributed by atoms with E-state index in [-0.39, 0.29) is 5.78 Å². The van der Waals surface area contributed by atoms with Crippen molar-refractivity contribution in [2.45, 2.75) is 20.8 Å². The van der Waals surface area contributed by atoms with Crippen molar-refractivity contribution in [1.82, 2.24) is 4.98 Å². The summed E-state index contributed by atoms with van der Waals surface area (Å²) < 4.78 is 0. The molecule has 126 valence electrons. The molecule has 4 nitrogen and oxygen atoms in total. The highest BCUT2D eigenvalue weighted by molar-refractivity contribution is 7.14. The zero-order chi connectivity index (χ0) is 18.1. The van der Waals surface area contributed by atoms with Gasteiger partial charge in [-0.3, -0.25) is 10.2 Å². The maximum atomic E-state index is 11.8. The van der Waals surface area contributed by atoms with E-state index in [0.29, 0.717) is 27.5 Å². The van der Waals surface area contributed by atoms with E-state index >= 15 is 0 Å². The van der Waals surface area contributed by atoms with E-state index in [0.717, 1.165) is 21.7 Å². The fourth-order valence-electron chi connectivity index (χ4n) is 2.76. The molecular formula is C20H19N3OS. The molecule has 0 atom stereocenters. The standard InChI is InChI=1S/C20H19N3OS/c1-11-8-9-14(10-16(11)12(2)24)19-13(3)25-20(23-19)18(22)15-6-4-5-7-17(15)21/h4-10,22H,21H2,1-3H3. The normalized spacial score (nSPS) is 10.7. The topological polar surface area (TPSA) is 79.8 Å². The lowest BCUT2D eigenvalue weighted by atomic mass is 10.0. The van der Waals surface area contributed by atoms with E-state index in [9.17, 15) is 4.79 Å². The van der Waals surface area contributed by atoms with Crippen LogP contribution >= 0.6 is 11.3 Å². The van der Waals surface area contributed by atoms with Crippen molar-refractivity contribution in [3.05, 3.63) is 69.0 Å². The molecule has 3 aromatic rings. The van der Waals surface area contributed by atoms with Crippen LogP contribution in [0.2, 0.25) is 0 Å². The lowest BCUT2D eigenvalue weighted by molar-refractivity contribution is 0.101. The summed E-state index contributed by atoms with van der Waals surface area (Å²) in [5.74, 6) is 0.0391. The highest BCUT2D eigenvalue weighted by atomic mass is 32.1. The van der Waals surface area contributed by atoms with Crippen LogP contribution in [0.5, 0.6) is 0 Å². The van der Waals surface area contributed by atoms with Gasteiger partial charge in [0.15, 0.2) is 5.78 Å². The minimum Gasteiger partial charge on any atom is -0.398 e. The molecule has 1 heterocycles. The Hall–Kier alpha value is -2.79. The minimum atomic E-state index is 0.0391. The minimum absolute atomic E-state index is 0.0391. The molecule has 5 heteroatoms. The molecule has 0 amide bonds. The summed E-state index contributed by atoms with van der Waals surface area (Å²) in [6.45, 7) is 5.47. The van der Waals surface area contributed by atoms with Crippen LogP contribution in [-0.2, 0) is 0 Å². The molecule has 0 saturated heterocycles. The van der Waals surface area contributed by atoms with Gasteiger partial charge in [0, 0.05) is 27.3 Å². The molecule has 0 radical (unpaired) electrons. The first-order chi connectivity index (χ1) is 11.9. The van der Waals surface area contributed by atoms with E-state index in [2.05, 4.69) is 4.98 Å². The van der Waals surface area contributed by atoms with Crippen LogP contribution in [0.25, 0.3) is 11.3 Å². The van der Waals surface area contributed by atoms with Gasteiger partial charge in [0.2, 0.25) is 0 Å². The summed E-state index contributed by atoms with van der Waals surface area (Å²) in [4.78, 5) is 17.5. The third kappa shape index (κ3) is 3.23. The Morgan fingerprint density at radius 3 is 2.52 bits per heavy atom. The predicted molar refractivity (Wildman–Crippen MR) is 104 cm³/mol. The van der Waals surface area contributed by atoms with Gasteiger partial charge in [-0.25, -0.2) is 4.98 Å². The van der Waals surface area contributed by atoms with Crippen molar-refractivity contribution in [2.24, 2.45) is 0 Å². The fourth-order valence-corrected chi connectivity index (χ4v) is 3.66. The predicted octanol–water partition coefficient (Wildman–Crippen LogP) is 4.63. The van der Waals surface area contributed by atoms with Crippen LogP contribution in [0.3, 0.4) is 0 Å². The van der Waals surface area contributed by atoms with Gasteiger partial charge in [0.25, 0.3) is 0 Å². The van der Waals surface area contributed by atoms with Crippen LogP contribution in [0, 0.1) is 19.3 Å². The average molecular weight is 349 g/mol. The molecule has 0 fully saturated rings. The highest BCUT2D eigenvalue weighted by Crippen LogP contribution is 2.30. The molecule has 0 spiro atoms. The summed E-state index contributed by atoms with van der Waals surface area (Å²) in [7, 11) is 0. The average Bonchev–Trinajstić information content (AvgIpc) is 2.97. The molecule has 0 aliphatic heterocycles. The SMILES string of the molecule is CC(=O)c1cc(-c2nc(C(=N)c3ccccc3N)sc2C)ccc1C. The number of ketones is 1. The molecule has 0 unspecified atom stereocenters. The van der Waals surface area contributed by atoms with Crippen molar-refractivity contribution in [2.75, 3.05) is 5.73 Å². The monoisotopic (exact) mass is 349 g/mol. The number of thiazole rings is 1. The van der Waals surface area contributed by atoms with E-state index in [1.54, 1.807) is 13.0 Å². The zero-order valence-corrected chi connectivity index (χ0v) is 15.2. The van der Waals surface area contributed by atoms with Crippen molar-refractivity contribution in [3.63, 3.8) is 0 Å². The zero-order valence-electron chi connectivity index (χ0n) is 14.4. The number of aromatic nitrogens is 1. The molecule has 0 saturated carbocycles. The third-order valence-electron chi connectivity index (χ3n) is 4.13. The second kappa shape index (κ2) is 6.61. The molecule has 2 aromatic carbocycles. The first-order valence-electron chi connectivity index (χ1n) is 7.91. The Morgan fingerprint density at radius 1 is 1.12 bits per heavy atom. The Balaban J connectivity index is 2.04. The molecule has 25 heavy (non-hydrogen) atoms. The number of rotatable bonds is 4. The Morgan fingerprint density at radius 2 is 1.84 bits per heavy atom. The number of aryl methyl sites for hydroxylation is 2. The fraction of sp³-hybridized carbons (Fsp3) is 0.150. The van der Waals surface area contributed by atoms with Gasteiger partial charge in [0.1, 0.15) is 5.01 Å². The van der Waals surface area contributed by atoms with E-state index in [4.69, 9.17) is 11.1 Å². The number of Topliss-reactive ketones (excluding diaryl/α,β-unsaturated/α-hetero) is 1. The van der Waals surface area contributed by atoms with Crippen LogP contribution in [0.4, 0.5) is 5.69 Å². The second-order valence-corrected chi connectivity index (χ2v) is 7.18. The van der Waals surface area contributed by atoms with Crippen molar-refractivity contribution in [3.8, 4) is 11.3 Å². The third-order valence-corrected chi connectivity index (χ3v) is 5.12. The maximum absolute atomic E-state index is 11.8. The van der Waals surface area contributed by atoms with Crippen molar-refractivity contribution < 1.29 is 4.79 Å². The number of nitrogen functional groups attached to an aromatic ring is 1. The van der Waals surface area contributed by atoms with Crippen LogP contribution in [-0.4, -0.2) is 16.5 Å². The quantitative estimate of drug-likeness (QED) is 0.409. The summed E-state index contributed by atoms with van der Waals surface area (Å²) in [5.41, 5.74) is 10.9. The molecule has 0 bridgehead atoms. The van der Waals surface area contributed by atoms with Crippen molar-refractivity contribution >= 4 is 28.5 Å². The lowest BCUT2D eigenvalue weighted by Crippen LogP contribution is -2.04. The van der Waals surface area contributed by atoms with Gasteiger partial charge in [-0.05, 0) is 38.5 Å². The number of benzene rings is 2. The molecule has 1 aromatic heterocycles. The van der Waals surface area contributed by atoms with E-state index in [1.807, 2.05) is 50.2 Å². The lowest BCUT2D eigenvalue weighted by Gasteiger charge is -2.06. The molecule has 0 aliphatic carbocycles. The summed E-state index contributed by atoms with van der Waals surface area (Å²) in [6, 6.07) is 13.1. The van der Waals surface area contributed by atoms with Gasteiger partial charge in [-0.2, -0.15) is 0 Å². The van der Waals surface area contributed by atoms with E-state index < -0.39 is 0 Å². The number of nitrogens with one attached hydrogen (secondary N) is 1. The van der Waals surface area contributed by atoms with Crippen molar-refractivity contribution in [1.29, 1.82) is 5.41 Å². The number of hydrogen-bond acceptors (Lipinski definition) is 5. The van der Waals surface area contributed by atoms with Gasteiger partial charge in [-0.15, -0.1) is 11.3 Å². The number of anilines is 1. The first-order valence-corrected chi connectivity index (χ1v) is 8.73. The number of carbonyl (C=O) groups is 1. The largest absolute Gasteiger partial charge is 0.398 e. The number of nitrogens with two attached hydrogens (primary N) is 1. The van der Waals surface area contributed by atoms with Gasteiger partial charge < -0.3 is 5.73 Å². The number of hydrogen-bond donors (Lipinski definition) is 2. The number of carbonyl (C=O) groups excluding carboxylic acids is 1.